The summed E-state index contributed by atoms with van der Waals surface area (Å²) in [6, 6.07) is 6.27. The molecule has 0 saturated carbocycles. The zero-order valence-electron chi connectivity index (χ0n) is 8.51. The van der Waals surface area contributed by atoms with Crippen LogP contribution < -0.4 is 10.5 Å². The van der Waals surface area contributed by atoms with Crippen molar-refractivity contribution >= 4 is 33.1 Å². The third kappa shape index (κ3) is 2.51. The Balaban J connectivity index is 2.30. The summed E-state index contributed by atoms with van der Waals surface area (Å²) in [7, 11) is -3.73. The standard InChI is InChI=1S/C9H9ClN4O2S/c10-6-1-3-7(4-2-6)14-17(15,16)8-5-12-13-9(8)11/h1-5,14H,(H3,11,12,13). The van der Waals surface area contributed by atoms with E-state index in [9.17, 15) is 8.42 Å². The van der Waals surface area contributed by atoms with Gasteiger partial charge in [0.25, 0.3) is 10.0 Å². The van der Waals surface area contributed by atoms with Crippen molar-refractivity contribution in [1.29, 1.82) is 0 Å². The van der Waals surface area contributed by atoms with E-state index >= 15 is 0 Å². The normalized spacial score (nSPS) is 11.4. The molecule has 0 atom stereocenters. The Morgan fingerprint density at radius 1 is 1.29 bits per heavy atom. The predicted molar refractivity (Wildman–Crippen MR) is 65.3 cm³/mol. The summed E-state index contributed by atoms with van der Waals surface area (Å²) < 4.78 is 26.1. The van der Waals surface area contributed by atoms with Gasteiger partial charge in [-0.2, -0.15) is 5.10 Å². The molecule has 2 rings (SSSR count). The van der Waals surface area contributed by atoms with Crippen LogP contribution in [0.25, 0.3) is 0 Å². The number of nitrogens with one attached hydrogen (secondary N) is 2. The van der Waals surface area contributed by atoms with Crippen LogP contribution >= 0.6 is 11.6 Å². The predicted octanol–water partition coefficient (Wildman–Crippen LogP) is 1.45. The molecule has 0 aliphatic heterocycles. The third-order valence-electron chi connectivity index (χ3n) is 2.02. The van der Waals surface area contributed by atoms with Gasteiger partial charge in [-0.05, 0) is 24.3 Å². The van der Waals surface area contributed by atoms with E-state index < -0.39 is 10.0 Å². The van der Waals surface area contributed by atoms with E-state index in [4.69, 9.17) is 17.3 Å². The van der Waals surface area contributed by atoms with E-state index in [1.807, 2.05) is 0 Å². The first-order valence-electron chi connectivity index (χ1n) is 4.56. The minimum atomic E-state index is -3.73. The summed E-state index contributed by atoms with van der Waals surface area (Å²) in [6.07, 6.45) is 1.15. The summed E-state index contributed by atoms with van der Waals surface area (Å²) in [5.74, 6) is -0.00790. The minimum absolute atomic E-state index is 0.00790. The maximum absolute atomic E-state index is 11.9. The molecule has 0 saturated heterocycles. The Morgan fingerprint density at radius 3 is 2.47 bits per heavy atom. The number of rotatable bonds is 3. The topological polar surface area (TPSA) is 101 Å². The molecular weight excluding hydrogens is 264 g/mol. The fraction of sp³-hybridized carbons (Fsp3) is 0. The summed E-state index contributed by atoms with van der Waals surface area (Å²) in [5, 5.41) is 6.43. The molecule has 1 heterocycles. The van der Waals surface area contributed by atoms with Crippen LogP contribution in [-0.4, -0.2) is 18.6 Å². The lowest BCUT2D eigenvalue weighted by Crippen LogP contribution is -2.13. The smallest absolute Gasteiger partial charge is 0.267 e. The number of nitrogens with zero attached hydrogens (tertiary/aromatic N) is 1. The van der Waals surface area contributed by atoms with Gasteiger partial charge in [0, 0.05) is 10.7 Å². The summed E-state index contributed by atoms with van der Waals surface area (Å²) in [6.45, 7) is 0. The van der Waals surface area contributed by atoms with Crippen LogP contribution in [0.5, 0.6) is 0 Å². The van der Waals surface area contributed by atoms with Crippen LogP contribution in [0.4, 0.5) is 11.5 Å². The maximum atomic E-state index is 11.9. The van der Waals surface area contributed by atoms with Crippen molar-refractivity contribution in [2.24, 2.45) is 0 Å². The third-order valence-corrected chi connectivity index (χ3v) is 3.68. The lowest BCUT2D eigenvalue weighted by atomic mass is 10.3. The largest absolute Gasteiger partial charge is 0.383 e. The van der Waals surface area contributed by atoms with Gasteiger partial charge in [-0.25, -0.2) is 8.42 Å². The number of aromatic amines is 1. The number of sulfonamides is 1. The van der Waals surface area contributed by atoms with E-state index in [-0.39, 0.29) is 10.7 Å². The first-order valence-corrected chi connectivity index (χ1v) is 6.42. The first kappa shape index (κ1) is 11.7. The number of hydrogen-bond donors (Lipinski definition) is 3. The van der Waals surface area contributed by atoms with E-state index in [1.54, 1.807) is 24.3 Å². The van der Waals surface area contributed by atoms with Crippen LogP contribution in [0.15, 0.2) is 35.4 Å². The van der Waals surface area contributed by atoms with Gasteiger partial charge in [-0.15, -0.1) is 0 Å². The molecule has 0 radical (unpaired) electrons. The summed E-state index contributed by atoms with van der Waals surface area (Å²) in [4.78, 5) is -0.0903. The minimum Gasteiger partial charge on any atom is -0.383 e. The quantitative estimate of drug-likeness (QED) is 0.787. The Hall–Kier alpha value is -1.73. The van der Waals surface area contributed by atoms with Gasteiger partial charge in [-0.1, -0.05) is 11.6 Å². The highest BCUT2D eigenvalue weighted by Crippen LogP contribution is 2.20. The lowest BCUT2D eigenvalue weighted by molar-refractivity contribution is 0.601. The number of nitrogen functional groups attached to an aromatic ring is 1. The molecule has 0 bridgehead atoms. The number of anilines is 2. The summed E-state index contributed by atoms with van der Waals surface area (Å²) in [5.41, 5.74) is 5.84. The van der Waals surface area contributed by atoms with Gasteiger partial charge < -0.3 is 5.73 Å². The molecule has 17 heavy (non-hydrogen) atoms. The second-order valence-electron chi connectivity index (χ2n) is 3.26. The molecule has 1 aromatic heterocycles. The van der Waals surface area contributed by atoms with Crippen LogP contribution in [-0.2, 0) is 10.0 Å². The van der Waals surface area contributed by atoms with Crippen molar-refractivity contribution < 1.29 is 8.42 Å². The molecule has 0 aliphatic rings. The first-order chi connectivity index (χ1) is 7.99. The molecule has 0 spiro atoms. The van der Waals surface area contributed by atoms with Crippen molar-refractivity contribution in [2.75, 3.05) is 10.5 Å². The van der Waals surface area contributed by atoms with E-state index in [1.165, 1.54) is 0 Å². The molecule has 1 aromatic carbocycles. The van der Waals surface area contributed by atoms with Crippen LogP contribution in [0.1, 0.15) is 0 Å². The van der Waals surface area contributed by atoms with Gasteiger partial charge in [0.05, 0.1) is 6.20 Å². The molecule has 2 aromatic rings. The van der Waals surface area contributed by atoms with E-state index in [0.29, 0.717) is 10.7 Å². The van der Waals surface area contributed by atoms with Crippen LogP contribution in [0.3, 0.4) is 0 Å². The van der Waals surface area contributed by atoms with E-state index in [0.717, 1.165) is 6.20 Å². The van der Waals surface area contributed by atoms with Crippen molar-refractivity contribution in [3.8, 4) is 0 Å². The molecule has 6 nitrogen and oxygen atoms in total. The fourth-order valence-electron chi connectivity index (χ4n) is 1.23. The summed E-state index contributed by atoms with van der Waals surface area (Å²) >= 11 is 5.70. The Morgan fingerprint density at radius 2 is 1.94 bits per heavy atom. The van der Waals surface area contributed by atoms with Gasteiger partial charge in [0.2, 0.25) is 0 Å². The molecule has 4 N–H and O–H groups in total. The lowest BCUT2D eigenvalue weighted by Gasteiger charge is -2.06. The van der Waals surface area contributed by atoms with Gasteiger partial charge in [0.15, 0.2) is 0 Å². The van der Waals surface area contributed by atoms with Gasteiger partial charge in [-0.3, -0.25) is 9.82 Å². The van der Waals surface area contributed by atoms with Crippen molar-refractivity contribution in [2.45, 2.75) is 4.90 Å². The van der Waals surface area contributed by atoms with Gasteiger partial charge in [0.1, 0.15) is 10.7 Å². The van der Waals surface area contributed by atoms with Crippen molar-refractivity contribution in [1.82, 2.24) is 10.2 Å². The number of nitrogens with two attached hydrogens (primary N) is 1. The molecular formula is C9H9ClN4O2S. The van der Waals surface area contributed by atoms with Gasteiger partial charge >= 0.3 is 0 Å². The number of aromatic nitrogens is 2. The molecule has 0 fully saturated rings. The van der Waals surface area contributed by atoms with Crippen LogP contribution in [0.2, 0.25) is 5.02 Å². The SMILES string of the molecule is Nc1[nH]ncc1S(=O)(=O)Nc1ccc(Cl)cc1. The maximum Gasteiger partial charge on any atom is 0.267 e. The second-order valence-corrected chi connectivity index (χ2v) is 5.35. The monoisotopic (exact) mass is 272 g/mol. The zero-order valence-corrected chi connectivity index (χ0v) is 10.1. The Labute approximate surface area is 103 Å². The molecule has 0 unspecified atom stereocenters. The second kappa shape index (κ2) is 4.27. The Kier molecular flexibility index (Phi) is 2.95. The highest BCUT2D eigenvalue weighted by atomic mass is 35.5. The van der Waals surface area contributed by atoms with Crippen molar-refractivity contribution in [3.05, 3.63) is 35.5 Å². The zero-order chi connectivity index (χ0) is 12.5. The molecule has 90 valence electrons. The Bertz CT molecular complexity index is 621. The number of benzene rings is 1. The molecule has 8 heteroatoms. The average molecular weight is 273 g/mol. The average Bonchev–Trinajstić information content (AvgIpc) is 2.68. The van der Waals surface area contributed by atoms with Crippen molar-refractivity contribution in [3.63, 3.8) is 0 Å². The van der Waals surface area contributed by atoms with E-state index in [2.05, 4.69) is 14.9 Å². The highest BCUT2D eigenvalue weighted by Gasteiger charge is 2.19. The van der Waals surface area contributed by atoms with Crippen LogP contribution in [0, 0.1) is 0 Å². The number of halogens is 1. The highest BCUT2D eigenvalue weighted by molar-refractivity contribution is 7.92. The number of H-pyrrole nitrogens is 1. The molecule has 0 aliphatic carbocycles. The molecule has 0 amide bonds. The fourth-order valence-corrected chi connectivity index (χ4v) is 2.44. The number of hydrogen-bond acceptors (Lipinski definition) is 4.